The topological polar surface area (TPSA) is 22.1 Å². The summed E-state index contributed by atoms with van der Waals surface area (Å²) in [4.78, 5) is 4.09. The molecule has 0 amide bonds. The maximum absolute atomic E-state index is 5.08. The van der Waals surface area contributed by atoms with Crippen molar-refractivity contribution in [2.24, 2.45) is 0 Å². The van der Waals surface area contributed by atoms with Gasteiger partial charge < -0.3 is 4.74 Å². The smallest absolute Gasteiger partial charge is 0.213 e. The molecule has 2 nitrogen and oxygen atoms in total. The lowest BCUT2D eigenvalue weighted by Gasteiger charge is -2.12. The van der Waals surface area contributed by atoms with Gasteiger partial charge in [-0.25, -0.2) is 4.98 Å². The summed E-state index contributed by atoms with van der Waals surface area (Å²) in [6.45, 7) is 4.42. The predicted octanol–water partition coefficient (Wildman–Crippen LogP) is 2.99. The van der Waals surface area contributed by atoms with Gasteiger partial charge in [0.25, 0.3) is 0 Å². The van der Waals surface area contributed by atoms with E-state index in [2.05, 4.69) is 24.9 Å². The minimum absolute atomic E-state index is 0.636. The minimum Gasteiger partial charge on any atom is -0.481 e. The Bertz CT molecular complexity index is 256. The lowest BCUT2D eigenvalue weighted by atomic mass is 9.95. The van der Waals surface area contributed by atoms with Crippen molar-refractivity contribution in [3.05, 3.63) is 23.9 Å². The van der Waals surface area contributed by atoms with E-state index in [4.69, 9.17) is 4.74 Å². The molecule has 13 heavy (non-hydrogen) atoms. The molecule has 72 valence electrons. The van der Waals surface area contributed by atoms with E-state index in [9.17, 15) is 0 Å². The molecular weight excluding hydrogens is 162 g/mol. The molecule has 0 saturated carbocycles. The summed E-state index contributed by atoms with van der Waals surface area (Å²) >= 11 is 0. The Kier molecular flexibility index (Phi) is 3.74. The zero-order valence-electron chi connectivity index (χ0n) is 8.58. The molecule has 0 bridgehead atoms. The normalized spacial score (nSPS) is 10.5. The van der Waals surface area contributed by atoms with Gasteiger partial charge in [0.2, 0.25) is 5.88 Å². The van der Waals surface area contributed by atoms with Crippen molar-refractivity contribution < 1.29 is 4.74 Å². The summed E-state index contributed by atoms with van der Waals surface area (Å²) in [5.41, 5.74) is 1.33. The van der Waals surface area contributed by atoms with Crippen LogP contribution in [0.4, 0.5) is 0 Å². The Balaban J connectivity index is 2.86. The SMILES string of the molecule is CCC(CC)c1ccnc(OC)c1. The molecule has 0 fully saturated rings. The van der Waals surface area contributed by atoms with E-state index in [-0.39, 0.29) is 0 Å². The van der Waals surface area contributed by atoms with E-state index < -0.39 is 0 Å². The second-order valence-corrected chi connectivity index (χ2v) is 3.14. The van der Waals surface area contributed by atoms with Gasteiger partial charge in [-0.2, -0.15) is 0 Å². The highest BCUT2D eigenvalue weighted by molar-refractivity contribution is 5.23. The third-order valence-corrected chi connectivity index (χ3v) is 2.43. The molecule has 0 saturated heterocycles. The quantitative estimate of drug-likeness (QED) is 0.708. The molecule has 0 spiro atoms. The molecule has 0 N–H and O–H groups in total. The Morgan fingerprint density at radius 2 is 2.08 bits per heavy atom. The van der Waals surface area contributed by atoms with Crippen molar-refractivity contribution in [2.75, 3.05) is 7.11 Å². The number of aromatic nitrogens is 1. The van der Waals surface area contributed by atoms with Gasteiger partial charge in [-0.15, -0.1) is 0 Å². The summed E-state index contributed by atoms with van der Waals surface area (Å²) < 4.78 is 5.08. The van der Waals surface area contributed by atoms with Crippen LogP contribution in [0.2, 0.25) is 0 Å². The van der Waals surface area contributed by atoms with E-state index in [0.29, 0.717) is 11.8 Å². The van der Waals surface area contributed by atoms with E-state index in [1.165, 1.54) is 18.4 Å². The van der Waals surface area contributed by atoms with Crippen LogP contribution in [0.25, 0.3) is 0 Å². The largest absolute Gasteiger partial charge is 0.481 e. The number of methoxy groups -OCH3 is 1. The van der Waals surface area contributed by atoms with Gasteiger partial charge in [0, 0.05) is 12.3 Å². The summed E-state index contributed by atoms with van der Waals surface area (Å²) in [7, 11) is 1.65. The fourth-order valence-electron chi connectivity index (χ4n) is 1.55. The highest BCUT2D eigenvalue weighted by Gasteiger charge is 2.07. The maximum Gasteiger partial charge on any atom is 0.213 e. The van der Waals surface area contributed by atoms with Crippen LogP contribution in [0.15, 0.2) is 18.3 Å². The van der Waals surface area contributed by atoms with Crippen LogP contribution in [0.5, 0.6) is 5.88 Å². The highest BCUT2D eigenvalue weighted by atomic mass is 16.5. The van der Waals surface area contributed by atoms with E-state index in [1.54, 1.807) is 7.11 Å². The third-order valence-electron chi connectivity index (χ3n) is 2.43. The summed E-state index contributed by atoms with van der Waals surface area (Å²) in [5, 5.41) is 0. The Morgan fingerprint density at radius 1 is 1.38 bits per heavy atom. The first-order valence-electron chi connectivity index (χ1n) is 4.81. The molecule has 0 aliphatic heterocycles. The zero-order valence-corrected chi connectivity index (χ0v) is 8.58. The Hall–Kier alpha value is -1.05. The van der Waals surface area contributed by atoms with Crippen molar-refractivity contribution in [1.82, 2.24) is 4.98 Å². The van der Waals surface area contributed by atoms with E-state index in [1.807, 2.05) is 12.3 Å². The Labute approximate surface area is 80.0 Å². The van der Waals surface area contributed by atoms with Crippen molar-refractivity contribution in [3.63, 3.8) is 0 Å². The third kappa shape index (κ3) is 2.44. The standard InChI is InChI=1S/C11H17NO/c1-4-9(5-2)10-6-7-12-11(8-10)13-3/h6-9H,4-5H2,1-3H3. The van der Waals surface area contributed by atoms with Gasteiger partial charge in [0.1, 0.15) is 0 Å². The van der Waals surface area contributed by atoms with Crippen LogP contribution in [0.3, 0.4) is 0 Å². The van der Waals surface area contributed by atoms with Gasteiger partial charge in [-0.3, -0.25) is 0 Å². The van der Waals surface area contributed by atoms with Gasteiger partial charge in [-0.1, -0.05) is 13.8 Å². The first-order chi connectivity index (χ1) is 6.31. The molecule has 0 atom stereocenters. The van der Waals surface area contributed by atoms with Crippen molar-refractivity contribution in [1.29, 1.82) is 0 Å². The van der Waals surface area contributed by atoms with Crippen LogP contribution in [0, 0.1) is 0 Å². The van der Waals surface area contributed by atoms with Crippen LogP contribution in [0.1, 0.15) is 38.2 Å². The number of ether oxygens (including phenoxy) is 1. The average molecular weight is 179 g/mol. The summed E-state index contributed by atoms with van der Waals surface area (Å²) in [5.74, 6) is 1.35. The minimum atomic E-state index is 0.636. The van der Waals surface area contributed by atoms with E-state index >= 15 is 0 Å². The summed E-state index contributed by atoms with van der Waals surface area (Å²) in [6, 6.07) is 4.10. The second-order valence-electron chi connectivity index (χ2n) is 3.14. The number of rotatable bonds is 4. The molecule has 0 aliphatic rings. The van der Waals surface area contributed by atoms with Gasteiger partial charge in [0.05, 0.1) is 7.11 Å². The molecule has 0 aromatic carbocycles. The first-order valence-corrected chi connectivity index (χ1v) is 4.81. The number of pyridine rings is 1. The lowest BCUT2D eigenvalue weighted by molar-refractivity contribution is 0.396. The Morgan fingerprint density at radius 3 is 2.62 bits per heavy atom. The van der Waals surface area contributed by atoms with Crippen LogP contribution < -0.4 is 4.74 Å². The molecular formula is C11H17NO. The maximum atomic E-state index is 5.08. The number of nitrogens with zero attached hydrogens (tertiary/aromatic N) is 1. The number of hydrogen-bond acceptors (Lipinski definition) is 2. The molecule has 0 unspecified atom stereocenters. The molecule has 1 heterocycles. The second kappa shape index (κ2) is 4.85. The molecule has 1 rings (SSSR count). The molecule has 1 aromatic heterocycles. The van der Waals surface area contributed by atoms with Crippen LogP contribution >= 0.6 is 0 Å². The fraction of sp³-hybridized carbons (Fsp3) is 0.545. The molecule has 1 aromatic rings. The summed E-state index contributed by atoms with van der Waals surface area (Å²) in [6.07, 6.45) is 4.15. The van der Waals surface area contributed by atoms with Crippen molar-refractivity contribution in [2.45, 2.75) is 32.6 Å². The average Bonchev–Trinajstić information content (AvgIpc) is 2.20. The molecule has 0 aliphatic carbocycles. The fourth-order valence-corrected chi connectivity index (χ4v) is 1.55. The zero-order chi connectivity index (χ0) is 9.68. The lowest BCUT2D eigenvalue weighted by Crippen LogP contribution is -1.97. The first kappa shape index (κ1) is 10.0. The monoisotopic (exact) mass is 179 g/mol. The highest BCUT2D eigenvalue weighted by Crippen LogP contribution is 2.24. The molecule has 2 heteroatoms. The van der Waals surface area contributed by atoms with Gasteiger partial charge in [0.15, 0.2) is 0 Å². The van der Waals surface area contributed by atoms with Crippen LogP contribution in [-0.2, 0) is 0 Å². The van der Waals surface area contributed by atoms with E-state index in [0.717, 1.165) is 0 Å². The molecule has 0 radical (unpaired) electrons. The predicted molar refractivity (Wildman–Crippen MR) is 54.1 cm³/mol. The van der Waals surface area contributed by atoms with Crippen LogP contribution in [-0.4, -0.2) is 12.1 Å². The van der Waals surface area contributed by atoms with Crippen molar-refractivity contribution >= 4 is 0 Å². The van der Waals surface area contributed by atoms with Gasteiger partial charge >= 0.3 is 0 Å². The number of hydrogen-bond donors (Lipinski definition) is 0. The van der Waals surface area contributed by atoms with Crippen molar-refractivity contribution in [3.8, 4) is 5.88 Å². The van der Waals surface area contributed by atoms with Gasteiger partial charge in [-0.05, 0) is 30.4 Å².